The van der Waals surface area contributed by atoms with E-state index in [1.54, 1.807) is 7.11 Å². The Bertz CT molecular complexity index is 334. The van der Waals surface area contributed by atoms with E-state index >= 15 is 0 Å². The largest absolute Gasteiger partial charge is 0.496 e. The summed E-state index contributed by atoms with van der Waals surface area (Å²) in [5.74, 6) is 0.707. The zero-order valence-electron chi connectivity index (χ0n) is 8.34. The molecule has 0 heterocycles. The van der Waals surface area contributed by atoms with Gasteiger partial charge in [-0.05, 0) is 24.1 Å². The Morgan fingerprint density at radius 1 is 1.50 bits per heavy atom. The molecule has 0 unspecified atom stereocenters. The van der Waals surface area contributed by atoms with Crippen molar-refractivity contribution in [2.24, 2.45) is 0 Å². The molecule has 0 spiro atoms. The zero-order chi connectivity index (χ0) is 10.6. The molecule has 0 aromatic heterocycles. The molecular formula is C11H13BrO2. The molecule has 0 atom stereocenters. The number of benzene rings is 1. The molecule has 0 aliphatic carbocycles. The summed E-state index contributed by atoms with van der Waals surface area (Å²) in [6.45, 7) is 2.07. The standard InChI is InChI=1S/C11H13BrO2/c1-3-8-4-5-9(10(13)7-12)11(6-8)14-2/h4-6H,3,7H2,1-2H3. The van der Waals surface area contributed by atoms with E-state index in [0.717, 1.165) is 6.42 Å². The fourth-order valence-electron chi connectivity index (χ4n) is 1.26. The second-order valence-corrected chi connectivity index (χ2v) is 3.51. The van der Waals surface area contributed by atoms with Crippen molar-refractivity contribution in [2.45, 2.75) is 13.3 Å². The maximum Gasteiger partial charge on any atom is 0.177 e. The lowest BCUT2D eigenvalue weighted by Crippen LogP contribution is -2.03. The number of hydrogen-bond donors (Lipinski definition) is 0. The van der Waals surface area contributed by atoms with Crippen molar-refractivity contribution >= 4 is 21.7 Å². The monoisotopic (exact) mass is 256 g/mol. The number of rotatable bonds is 4. The molecule has 76 valence electrons. The van der Waals surface area contributed by atoms with E-state index in [0.29, 0.717) is 16.6 Å². The summed E-state index contributed by atoms with van der Waals surface area (Å²) in [6.07, 6.45) is 0.944. The van der Waals surface area contributed by atoms with Crippen LogP contribution in [0.15, 0.2) is 18.2 Å². The van der Waals surface area contributed by atoms with Crippen LogP contribution < -0.4 is 4.74 Å². The SMILES string of the molecule is CCc1ccc(C(=O)CBr)c(OC)c1. The van der Waals surface area contributed by atoms with Crippen LogP contribution in [-0.4, -0.2) is 18.2 Å². The van der Waals surface area contributed by atoms with Crippen LogP contribution in [0.3, 0.4) is 0 Å². The summed E-state index contributed by atoms with van der Waals surface area (Å²) < 4.78 is 5.17. The van der Waals surface area contributed by atoms with Gasteiger partial charge in [0.15, 0.2) is 5.78 Å². The van der Waals surface area contributed by atoms with Crippen molar-refractivity contribution < 1.29 is 9.53 Å². The van der Waals surface area contributed by atoms with Crippen LogP contribution in [0, 0.1) is 0 Å². The maximum absolute atomic E-state index is 11.5. The quantitative estimate of drug-likeness (QED) is 0.612. The summed E-state index contributed by atoms with van der Waals surface area (Å²) in [5.41, 5.74) is 1.81. The molecule has 0 amide bonds. The molecular weight excluding hydrogens is 244 g/mol. The zero-order valence-corrected chi connectivity index (χ0v) is 9.93. The average Bonchev–Trinajstić information content (AvgIpc) is 2.27. The van der Waals surface area contributed by atoms with E-state index < -0.39 is 0 Å². The fraction of sp³-hybridized carbons (Fsp3) is 0.364. The summed E-state index contributed by atoms with van der Waals surface area (Å²) in [6, 6.07) is 5.69. The van der Waals surface area contributed by atoms with Crippen LogP contribution in [0.1, 0.15) is 22.8 Å². The normalized spacial score (nSPS) is 9.93. The first-order chi connectivity index (χ1) is 6.72. The molecule has 0 aliphatic rings. The first-order valence-electron chi connectivity index (χ1n) is 4.49. The van der Waals surface area contributed by atoms with Gasteiger partial charge in [-0.3, -0.25) is 4.79 Å². The van der Waals surface area contributed by atoms with Gasteiger partial charge in [-0.15, -0.1) is 0 Å². The number of carbonyl (C=O) groups excluding carboxylic acids is 1. The van der Waals surface area contributed by atoms with Gasteiger partial charge in [0.1, 0.15) is 5.75 Å². The van der Waals surface area contributed by atoms with Crippen LogP contribution in [0.4, 0.5) is 0 Å². The van der Waals surface area contributed by atoms with Crippen molar-refractivity contribution in [1.82, 2.24) is 0 Å². The number of Topliss-reactive ketones (excluding diaryl/α,β-unsaturated/α-hetero) is 1. The molecule has 0 N–H and O–H groups in total. The number of alkyl halides is 1. The van der Waals surface area contributed by atoms with Crippen molar-refractivity contribution in [1.29, 1.82) is 0 Å². The lowest BCUT2D eigenvalue weighted by atomic mass is 10.1. The number of ether oxygens (including phenoxy) is 1. The third-order valence-corrected chi connectivity index (χ3v) is 2.61. The fourth-order valence-corrected chi connectivity index (χ4v) is 1.56. The molecule has 0 fully saturated rings. The van der Waals surface area contributed by atoms with Crippen molar-refractivity contribution in [3.8, 4) is 5.75 Å². The summed E-state index contributed by atoms with van der Waals surface area (Å²) in [7, 11) is 1.58. The third kappa shape index (κ3) is 2.35. The summed E-state index contributed by atoms with van der Waals surface area (Å²) in [5, 5.41) is 0.328. The van der Waals surface area contributed by atoms with Gasteiger partial charge in [0.05, 0.1) is 18.0 Å². The Balaban J connectivity index is 3.11. The van der Waals surface area contributed by atoms with Gasteiger partial charge in [-0.2, -0.15) is 0 Å². The molecule has 14 heavy (non-hydrogen) atoms. The Labute approximate surface area is 92.4 Å². The number of ketones is 1. The van der Waals surface area contributed by atoms with Crippen LogP contribution in [-0.2, 0) is 6.42 Å². The highest BCUT2D eigenvalue weighted by molar-refractivity contribution is 9.09. The molecule has 1 aromatic carbocycles. The van der Waals surface area contributed by atoms with E-state index in [1.807, 2.05) is 18.2 Å². The smallest absolute Gasteiger partial charge is 0.177 e. The number of hydrogen-bond acceptors (Lipinski definition) is 2. The number of carbonyl (C=O) groups is 1. The average molecular weight is 257 g/mol. The van der Waals surface area contributed by atoms with Gasteiger partial charge in [0.25, 0.3) is 0 Å². The number of halogens is 1. The van der Waals surface area contributed by atoms with Gasteiger partial charge in [0, 0.05) is 0 Å². The highest BCUT2D eigenvalue weighted by Crippen LogP contribution is 2.21. The minimum Gasteiger partial charge on any atom is -0.496 e. The second kappa shape index (κ2) is 5.15. The summed E-state index contributed by atoms with van der Waals surface area (Å²) >= 11 is 3.15. The molecule has 3 heteroatoms. The van der Waals surface area contributed by atoms with E-state index in [-0.39, 0.29) is 5.78 Å². The maximum atomic E-state index is 11.5. The Morgan fingerprint density at radius 2 is 2.21 bits per heavy atom. The first-order valence-corrected chi connectivity index (χ1v) is 5.61. The third-order valence-electron chi connectivity index (χ3n) is 2.10. The van der Waals surface area contributed by atoms with Gasteiger partial charge in [0.2, 0.25) is 0 Å². The van der Waals surface area contributed by atoms with Crippen LogP contribution in [0.25, 0.3) is 0 Å². The van der Waals surface area contributed by atoms with Crippen LogP contribution in [0.5, 0.6) is 5.75 Å². The van der Waals surface area contributed by atoms with E-state index in [1.165, 1.54) is 5.56 Å². The molecule has 0 saturated carbocycles. The number of aryl methyl sites for hydroxylation is 1. The van der Waals surface area contributed by atoms with Crippen LogP contribution >= 0.6 is 15.9 Å². The van der Waals surface area contributed by atoms with Gasteiger partial charge in [-0.1, -0.05) is 28.9 Å². The van der Waals surface area contributed by atoms with Crippen molar-refractivity contribution in [3.05, 3.63) is 29.3 Å². The molecule has 0 aliphatic heterocycles. The van der Waals surface area contributed by atoms with Gasteiger partial charge < -0.3 is 4.74 Å². The lowest BCUT2D eigenvalue weighted by molar-refractivity contribution is 0.102. The Kier molecular flexibility index (Phi) is 4.14. The van der Waals surface area contributed by atoms with Crippen molar-refractivity contribution in [3.63, 3.8) is 0 Å². The molecule has 0 radical (unpaired) electrons. The highest BCUT2D eigenvalue weighted by Gasteiger charge is 2.10. The van der Waals surface area contributed by atoms with Gasteiger partial charge >= 0.3 is 0 Å². The van der Waals surface area contributed by atoms with E-state index in [2.05, 4.69) is 22.9 Å². The Morgan fingerprint density at radius 3 is 2.71 bits per heavy atom. The highest BCUT2D eigenvalue weighted by atomic mass is 79.9. The minimum absolute atomic E-state index is 0.0458. The molecule has 1 rings (SSSR count). The predicted molar refractivity (Wildman–Crippen MR) is 60.5 cm³/mol. The topological polar surface area (TPSA) is 26.3 Å². The predicted octanol–water partition coefficient (Wildman–Crippen LogP) is 2.84. The minimum atomic E-state index is 0.0458. The van der Waals surface area contributed by atoms with Crippen molar-refractivity contribution in [2.75, 3.05) is 12.4 Å². The first kappa shape index (κ1) is 11.2. The second-order valence-electron chi connectivity index (χ2n) is 2.94. The van der Waals surface area contributed by atoms with E-state index in [4.69, 9.17) is 4.74 Å². The molecule has 0 bridgehead atoms. The lowest BCUT2D eigenvalue weighted by Gasteiger charge is -2.07. The number of methoxy groups -OCH3 is 1. The van der Waals surface area contributed by atoms with Crippen LogP contribution in [0.2, 0.25) is 0 Å². The Hall–Kier alpha value is -0.830. The molecule has 1 aromatic rings. The van der Waals surface area contributed by atoms with Gasteiger partial charge in [-0.25, -0.2) is 0 Å². The molecule has 2 nitrogen and oxygen atoms in total. The molecule has 0 saturated heterocycles. The summed E-state index contributed by atoms with van der Waals surface area (Å²) in [4.78, 5) is 11.5. The van der Waals surface area contributed by atoms with E-state index in [9.17, 15) is 4.79 Å².